The van der Waals surface area contributed by atoms with Crippen molar-refractivity contribution < 1.29 is 13.2 Å². The lowest BCUT2D eigenvalue weighted by Gasteiger charge is -2.24. The molecule has 1 aliphatic rings. The summed E-state index contributed by atoms with van der Waals surface area (Å²) < 4.78 is 40.2. The van der Waals surface area contributed by atoms with Crippen LogP contribution in [-0.4, -0.2) is 51.4 Å². The number of alkyl halides is 3. The van der Waals surface area contributed by atoms with Gasteiger partial charge in [0.2, 0.25) is 5.95 Å². The summed E-state index contributed by atoms with van der Waals surface area (Å²) in [6.07, 6.45) is -2.90. The zero-order valence-corrected chi connectivity index (χ0v) is 16.0. The van der Waals surface area contributed by atoms with Gasteiger partial charge >= 0.3 is 6.18 Å². The summed E-state index contributed by atoms with van der Waals surface area (Å²) in [5.74, 6) is 0.966. The Kier molecular flexibility index (Phi) is 5.27. The highest BCUT2D eigenvalue weighted by atomic mass is 35.5. The Morgan fingerprint density at radius 3 is 2.41 bits per heavy atom. The Morgan fingerprint density at radius 2 is 1.69 bits per heavy atom. The summed E-state index contributed by atoms with van der Waals surface area (Å²) in [5, 5.41) is 12.0. The molecule has 1 aromatic carbocycles. The number of rotatable bonds is 3. The molecule has 0 N–H and O–H groups in total. The minimum Gasteiger partial charge on any atom is -0.354 e. The standard InChI is InChI=1S/C18H17ClF3N7/c19-15-11-13(18(20,21)22)12-23-16(15)27-7-4-8-28(10-9-27)17-24-25-26-29(17)14-5-2-1-3-6-14/h1-3,5-6,11-12H,4,7-10H2. The van der Waals surface area contributed by atoms with Gasteiger partial charge in [-0.2, -0.15) is 17.9 Å². The average molecular weight is 424 g/mol. The second kappa shape index (κ2) is 7.86. The van der Waals surface area contributed by atoms with Crippen LogP contribution in [0.1, 0.15) is 12.0 Å². The fourth-order valence-electron chi connectivity index (χ4n) is 3.26. The SMILES string of the molecule is FC(F)(F)c1cnc(N2CCCN(c3nnnn3-c3ccccc3)CC2)c(Cl)c1. The molecule has 0 unspecified atom stereocenters. The van der Waals surface area contributed by atoms with Crippen molar-refractivity contribution in [2.24, 2.45) is 0 Å². The van der Waals surface area contributed by atoms with Crippen LogP contribution in [0.2, 0.25) is 5.02 Å². The lowest BCUT2D eigenvalue weighted by atomic mass is 10.2. The summed E-state index contributed by atoms with van der Waals surface area (Å²) in [4.78, 5) is 7.91. The fourth-order valence-corrected chi connectivity index (χ4v) is 3.55. The number of tetrazole rings is 1. The van der Waals surface area contributed by atoms with E-state index < -0.39 is 11.7 Å². The average Bonchev–Trinajstić information content (AvgIpc) is 3.06. The Bertz CT molecular complexity index is 977. The van der Waals surface area contributed by atoms with E-state index in [9.17, 15) is 13.2 Å². The van der Waals surface area contributed by atoms with Crippen LogP contribution in [0.5, 0.6) is 0 Å². The highest BCUT2D eigenvalue weighted by Crippen LogP contribution is 2.33. The van der Waals surface area contributed by atoms with Crippen molar-refractivity contribution in [2.75, 3.05) is 36.0 Å². The zero-order chi connectivity index (χ0) is 20.4. The predicted molar refractivity (Wildman–Crippen MR) is 102 cm³/mol. The van der Waals surface area contributed by atoms with Gasteiger partial charge in [0.25, 0.3) is 0 Å². The van der Waals surface area contributed by atoms with E-state index in [1.165, 1.54) is 0 Å². The first-order valence-corrected chi connectivity index (χ1v) is 9.38. The zero-order valence-electron chi connectivity index (χ0n) is 15.2. The molecule has 11 heteroatoms. The van der Waals surface area contributed by atoms with E-state index in [1.54, 1.807) is 4.68 Å². The quantitative estimate of drug-likeness (QED) is 0.643. The molecule has 0 atom stereocenters. The first-order chi connectivity index (χ1) is 13.9. The van der Waals surface area contributed by atoms with Gasteiger partial charge < -0.3 is 9.80 Å². The normalized spacial score (nSPS) is 15.4. The first-order valence-electron chi connectivity index (χ1n) is 9.00. The van der Waals surface area contributed by atoms with Crippen molar-refractivity contribution in [3.63, 3.8) is 0 Å². The van der Waals surface area contributed by atoms with Crippen LogP contribution < -0.4 is 9.80 Å². The molecule has 3 aromatic rings. The number of nitrogens with zero attached hydrogens (tertiary/aromatic N) is 7. The lowest BCUT2D eigenvalue weighted by Crippen LogP contribution is -2.32. The van der Waals surface area contributed by atoms with Crippen molar-refractivity contribution in [1.82, 2.24) is 25.2 Å². The molecule has 29 heavy (non-hydrogen) atoms. The molecule has 152 valence electrons. The van der Waals surface area contributed by atoms with E-state index in [4.69, 9.17) is 11.6 Å². The highest BCUT2D eigenvalue weighted by molar-refractivity contribution is 6.33. The molecule has 0 spiro atoms. The van der Waals surface area contributed by atoms with Gasteiger partial charge in [0.05, 0.1) is 16.3 Å². The van der Waals surface area contributed by atoms with Gasteiger partial charge in [0, 0.05) is 32.4 Å². The minimum absolute atomic E-state index is 0.0117. The van der Waals surface area contributed by atoms with Crippen molar-refractivity contribution in [3.8, 4) is 5.69 Å². The van der Waals surface area contributed by atoms with E-state index in [0.717, 1.165) is 24.4 Å². The summed E-state index contributed by atoms with van der Waals surface area (Å²) in [6, 6.07) is 10.5. The van der Waals surface area contributed by atoms with Gasteiger partial charge in [-0.15, -0.1) is 0 Å². The van der Waals surface area contributed by atoms with Crippen LogP contribution in [0.25, 0.3) is 5.69 Å². The molecular weight excluding hydrogens is 407 g/mol. The van der Waals surface area contributed by atoms with Gasteiger partial charge in [0.1, 0.15) is 5.82 Å². The number of para-hydroxylation sites is 1. The molecule has 1 saturated heterocycles. The van der Waals surface area contributed by atoms with E-state index >= 15 is 0 Å². The smallest absolute Gasteiger partial charge is 0.354 e. The van der Waals surface area contributed by atoms with Gasteiger partial charge in [-0.1, -0.05) is 34.9 Å². The van der Waals surface area contributed by atoms with Crippen LogP contribution in [0, 0.1) is 0 Å². The maximum Gasteiger partial charge on any atom is 0.417 e. The largest absolute Gasteiger partial charge is 0.417 e. The fraction of sp³-hybridized carbons (Fsp3) is 0.333. The Balaban J connectivity index is 1.52. The Labute approximate surface area is 169 Å². The van der Waals surface area contributed by atoms with Gasteiger partial charge in [-0.3, -0.25) is 0 Å². The molecule has 3 heterocycles. The number of hydrogen-bond donors (Lipinski definition) is 0. The maximum atomic E-state index is 12.9. The van der Waals surface area contributed by atoms with Crippen LogP contribution >= 0.6 is 11.6 Å². The molecule has 7 nitrogen and oxygen atoms in total. The second-order valence-corrected chi connectivity index (χ2v) is 6.99. The third-order valence-electron chi connectivity index (χ3n) is 4.68. The number of anilines is 2. The molecule has 0 aliphatic carbocycles. The number of benzene rings is 1. The molecule has 0 amide bonds. The monoisotopic (exact) mass is 423 g/mol. The topological polar surface area (TPSA) is 63.0 Å². The van der Waals surface area contributed by atoms with Gasteiger partial charge in [-0.25, -0.2) is 4.98 Å². The first kappa shape index (κ1) is 19.4. The molecular formula is C18H17ClF3N7. The third-order valence-corrected chi connectivity index (χ3v) is 4.96. The van der Waals surface area contributed by atoms with Gasteiger partial charge in [0.15, 0.2) is 0 Å². The summed E-state index contributed by atoms with van der Waals surface area (Å²) in [6.45, 7) is 2.41. The Hall–Kier alpha value is -2.88. The van der Waals surface area contributed by atoms with Crippen LogP contribution in [-0.2, 0) is 6.18 Å². The van der Waals surface area contributed by atoms with Crippen molar-refractivity contribution in [1.29, 1.82) is 0 Å². The highest BCUT2D eigenvalue weighted by Gasteiger charge is 2.32. The summed E-state index contributed by atoms with van der Waals surface area (Å²) in [7, 11) is 0. The summed E-state index contributed by atoms with van der Waals surface area (Å²) >= 11 is 6.11. The number of hydrogen-bond acceptors (Lipinski definition) is 6. The van der Waals surface area contributed by atoms with Crippen LogP contribution in [0.4, 0.5) is 24.9 Å². The van der Waals surface area contributed by atoms with Crippen molar-refractivity contribution in [3.05, 3.63) is 53.2 Å². The lowest BCUT2D eigenvalue weighted by molar-refractivity contribution is -0.137. The van der Waals surface area contributed by atoms with Crippen molar-refractivity contribution in [2.45, 2.75) is 12.6 Å². The molecule has 4 rings (SSSR count). The van der Waals surface area contributed by atoms with Crippen LogP contribution in [0.15, 0.2) is 42.6 Å². The molecule has 1 aliphatic heterocycles. The number of halogens is 4. The molecule has 1 fully saturated rings. The number of aromatic nitrogens is 5. The molecule has 0 radical (unpaired) electrons. The molecule has 2 aromatic heterocycles. The van der Waals surface area contributed by atoms with E-state index in [0.29, 0.717) is 37.9 Å². The number of pyridine rings is 1. The van der Waals surface area contributed by atoms with Crippen LogP contribution in [0.3, 0.4) is 0 Å². The predicted octanol–water partition coefficient (Wildman–Crippen LogP) is 3.45. The van der Waals surface area contributed by atoms with Crippen molar-refractivity contribution >= 4 is 23.4 Å². The second-order valence-electron chi connectivity index (χ2n) is 6.58. The van der Waals surface area contributed by atoms with E-state index in [-0.39, 0.29) is 5.02 Å². The third kappa shape index (κ3) is 4.12. The van der Waals surface area contributed by atoms with E-state index in [2.05, 4.69) is 20.5 Å². The van der Waals surface area contributed by atoms with E-state index in [1.807, 2.05) is 40.1 Å². The molecule has 0 saturated carbocycles. The Morgan fingerprint density at radius 1 is 0.966 bits per heavy atom. The maximum absolute atomic E-state index is 12.9. The minimum atomic E-state index is -4.47. The molecule has 0 bridgehead atoms. The van der Waals surface area contributed by atoms with Gasteiger partial charge in [-0.05, 0) is 35.0 Å². The summed E-state index contributed by atoms with van der Waals surface area (Å²) in [5.41, 5.74) is -0.00853.